The highest BCUT2D eigenvalue weighted by Gasteiger charge is 2.32. The van der Waals surface area contributed by atoms with Gasteiger partial charge in [-0.1, -0.05) is 19.1 Å². The first-order valence-electron chi connectivity index (χ1n) is 9.17. The van der Waals surface area contributed by atoms with Crippen LogP contribution in [0.2, 0.25) is 0 Å². The van der Waals surface area contributed by atoms with Gasteiger partial charge in [0.2, 0.25) is 5.91 Å². The van der Waals surface area contributed by atoms with Gasteiger partial charge in [0, 0.05) is 44.7 Å². The van der Waals surface area contributed by atoms with Crippen LogP contribution in [0.3, 0.4) is 0 Å². The van der Waals surface area contributed by atoms with Crippen LogP contribution in [0.1, 0.15) is 48.5 Å². The summed E-state index contributed by atoms with van der Waals surface area (Å²) in [5.41, 5.74) is 1.57. The van der Waals surface area contributed by atoms with Crippen molar-refractivity contribution in [1.29, 1.82) is 0 Å². The van der Waals surface area contributed by atoms with Crippen LogP contribution in [-0.2, 0) is 11.3 Å². The molecule has 1 aromatic rings. The molecule has 0 spiro atoms. The molecule has 7 heteroatoms. The number of carbonyl (C=O) groups is 3. The minimum absolute atomic E-state index is 0.0464. The molecule has 0 unspecified atom stereocenters. The Morgan fingerprint density at radius 1 is 1.08 bits per heavy atom. The Morgan fingerprint density at radius 2 is 1.77 bits per heavy atom. The summed E-state index contributed by atoms with van der Waals surface area (Å²) in [5.74, 6) is -0.176. The molecule has 142 valence electrons. The SMILES string of the molecule is CCCNC(=O)CCNC(=O)N(Cc1ccc(C(=O)NC)cc1)C1CC1. The van der Waals surface area contributed by atoms with Gasteiger partial charge in [-0.2, -0.15) is 0 Å². The summed E-state index contributed by atoms with van der Waals surface area (Å²) in [6.07, 6.45) is 3.18. The van der Waals surface area contributed by atoms with E-state index < -0.39 is 0 Å². The number of nitrogens with zero attached hydrogens (tertiary/aromatic N) is 1. The topological polar surface area (TPSA) is 90.5 Å². The fourth-order valence-electron chi connectivity index (χ4n) is 2.59. The summed E-state index contributed by atoms with van der Waals surface area (Å²) >= 11 is 0. The highest BCUT2D eigenvalue weighted by Crippen LogP contribution is 2.28. The number of carbonyl (C=O) groups excluding carboxylic acids is 3. The molecule has 1 aliphatic rings. The van der Waals surface area contributed by atoms with E-state index in [2.05, 4.69) is 16.0 Å². The fraction of sp³-hybridized carbons (Fsp3) is 0.526. The molecule has 2 rings (SSSR count). The molecule has 0 radical (unpaired) electrons. The van der Waals surface area contributed by atoms with Crippen molar-refractivity contribution in [2.24, 2.45) is 0 Å². The van der Waals surface area contributed by atoms with E-state index in [1.807, 2.05) is 19.1 Å². The lowest BCUT2D eigenvalue weighted by Gasteiger charge is -2.23. The molecule has 1 fully saturated rings. The van der Waals surface area contributed by atoms with Crippen molar-refractivity contribution in [2.45, 2.75) is 45.2 Å². The minimum atomic E-state index is -0.147. The van der Waals surface area contributed by atoms with E-state index in [1.165, 1.54) is 0 Å². The molecule has 0 aliphatic heterocycles. The van der Waals surface area contributed by atoms with Gasteiger partial charge in [-0.15, -0.1) is 0 Å². The van der Waals surface area contributed by atoms with Gasteiger partial charge in [0.25, 0.3) is 5.91 Å². The zero-order valence-electron chi connectivity index (χ0n) is 15.5. The molecule has 1 aliphatic carbocycles. The van der Waals surface area contributed by atoms with Crippen LogP contribution in [0.4, 0.5) is 4.79 Å². The molecule has 0 bridgehead atoms. The summed E-state index contributed by atoms with van der Waals surface area (Å²) in [5, 5.41) is 8.21. The molecule has 0 atom stereocenters. The monoisotopic (exact) mass is 360 g/mol. The summed E-state index contributed by atoms with van der Waals surface area (Å²) < 4.78 is 0. The van der Waals surface area contributed by atoms with E-state index in [0.717, 1.165) is 24.8 Å². The van der Waals surface area contributed by atoms with E-state index in [0.29, 0.717) is 25.2 Å². The quantitative estimate of drug-likeness (QED) is 0.625. The Morgan fingerprint density at radius 3 is 2.35 bits per heavy atom. The largest absolute Gasteiger partial charge is 0.356 e. The third-order valence-corrected chi connectivity index (χ3v) is 4.25. The zero-order chi connectivity index (χ0) is 18.9. The third kappa shape index (κ3) is 6.06. The summed E-state index contributed by atoms with van der Waals surface area (Å²) in [6, 6.07) is 7.36. The van der Waals surface area contributed by atoms with Gasteiger partial charge in [0.05, 0.1) is 0 Å². The Balaban J connectivity index is 1.85. The van der Waals surface area contributed by atoms with Crippen LogP contribution < -0.4 is 16.0 Å². The second-order valence-corrected chi connectivity index (χ2v) is 6.47. The van der Waals surface area contributed by atoms with E-state index in [9.17, 15) is 14.4 Å². The molecule has 3 N–H and O–H groups in total. The highest BCUT2D eigenvalue weighted by atomic mass is 16.2. The number of rotatable bonds is 9. The van der Waals surface area contributed by atoms with Gasteiger partial charge in [-0.3, -0.25) is 9.59 Å². The number of hydrogen-bond donors (Lipinski definition) is 3. The molecular weight excluding hydrogens is 332 g/mol. The summed E-state index contributed by atoms with van der Waals surface area (Å²) in [7, 11) is 1.60. The smallest absolute Gasteiger partial charge is 0.317 e. The molecule has 4 amide bonds. The first kappa shape index (κ1) is 19.8. The standard InChI is InChI=1S/C19H28N4O3/c1-3-11-21-17(24)10-12-22-19(26)23(16-8-9-16)13-14-4-6-15(7-5-14)18(25)20-2/h4-7,16H,3,8-13H2,1-2H3,(H,20,25)(H,21,24)(H,22,26). The summed E-state index contributed by atoms with van der Waals surface area (Å²) in [4.78, 5) is 37.5. The lowest BCUT2D eigenvalue weighted by Crippen LogP contribution is -2.42. The molecular formula is C19H28N4O3. The first-order valence-corrected chi connectivity index (χ1v) is 9.17. The van der Waals surface area contributed by atoms with Crippen molar-refractivity contribution >= 4 is 17.8 Å². The van der Waals surface area contributed by atoms with Gasteiger partial charge in [0.15, 0.2) is 0 Å². The summed E-state index contributed by atoms with van der Waals surface area (Å²) in [6.45, 7) is 3.48. The zero-order valence-corrected chi connectivity index (χ0v) is 15.5. The van der Waals surface area contributed by atoms with Gasteiger partial charge in [0.1, 0.15) is 0 Å². The third-order valence-electron chi connectivity index (χ3n) is 4.25. The molecule has 1 saturated carbocycles. The maximum Gasteiger partial charge on any atom is 0.317 e. The van der Waals surface area contributed by atoms with Crippen LogP contribution in [0.25, 0.3) is 0 Å². The van der Waals surface area contributed by atoms with E-state index in [4.69, 9.17) is 0 Å². The molecule has 26 heavy (non-hydrogen) atoms. The molecule has 7 nitrogen and oxygen atoms in total. The van der Waals surface area contributed by atoms with Crippen molar-refractivity contribution in [3.8, 4) is 0 Å². The van der Waals surface area contributed by atoms with Gasteiger partial charge in [-0.05, 0) is 37.0 Å². The fourth-order valence-corrected chi connectivity index (χ4v) is 2.59. The maximum atomic E-state index is 12.5. The van der Waals surface area contributed by atoms with Crippen molar-refractivity contribution in [3.63, 3.8) is 0 Å². The second kappa shape index (κ2) is 9.79. The number of hydrogen-bond acceptors (Lipinski definition) is 3. The van der Waals surface area contributed by atoms with E-state index in [-0.39, 0.29) is 30.3 Å². The number of amides is 4. The van der Waals surface area contributed by atoms with E-state index >= 15 is 0 Å². The van der Waals surface area contributed by atoms with Crippen LogP contribution in [0.15, 0.2) is 24.3 Å². The van der Waals surface area contributed by atoms with Crippen LogP contribution in [0.5, 0.6) is 0 Å². The minimum Gasteiger partial charge on any atom is -0.356 e. The molecule has 0 saturated heterocycles. The van der Waals surface area contributed by atoms with Crippen LogP contribution >= 0.6 is 0 Å². The number of urea groups is 1. The molecule has 0 aromatic heterocycles. The van der Waals surface area contributed by atoms with Crippen LogP contribution in [0, 0.1) is 0 Å². The number of nitrogens with one attached hydrogen (secondary N) is 3. The maximum absolute atomic E-state index is 12.5. The van der Waals surface area contributed by atoms with Gasteiger partial charge >= 0.3 is 6.03 Å². The second-order valence-electron chi connectivity index (χ2n) is 6.47. The molecule has 1 aromatic carbocycles. The van der Waals surface area contributed by atoms with Crippen molar-refractivity contribution < 1.29 is 14.4 Å². The normalized spacial score (nSPS) is 13.0. The Labute approximate surface area is 154 Å². The lowest BCUT2D eigenvalue weighted by atomic mass is 10.1. The average Bonchev–Trinajstić information content (AvgIpc) is 3.49. The van der Waals surface area contributed by atoms with E-state index in [1.54, 1.807) is 24.1 Å². The highest BCUT2D eigenvalue weighted by molar-refractivity contribution is 5.93. The Kier molecular flexibility index (Phi) is 7.44. The lowest BCUT2D eigenvalue weighted by molar-refractivity contribution is -0.120. The Bertz CT molecular complexity index is 626. The van der Waals surface area contributed by atoms with Crippen molar-refractivity contribution in [2.75, 3.05) is 20.1 Å². The van der Waals surface area contributed by atoms with Crippen LogP contribution in [-0.4, -0.2) is 48.9 Å². The Hall–Kier alpha value is -2.57. The van der Waals surface area contributed by atoms with Gasteiger partial charge in [-0.25, -0.2) is 4.79 Å². The first-order chi connectivity index (χ1) is 12.5. The van der Waals surface area contributed by atoms with Crippen molar-refractivity contribution in [3.05, 3.63) is 35.4 Å². The predicted molar refractivity (Wildman–Crippen MR) is 99.7 cm³/mol. The molecule has 0 heterocycles. The number of benzene rings is 1. The van der Waals surface area contributed by atoms with Gasteiger partial charge < -0.3 is 20.9 Å². The predicted octanol–water partition coefficient (Wildman–Crippen LogP) is 1.64. The average molecular weight is 360 g/mol. The van der Waals surface area contributed by atoms with Crippen molar-refractivity contribution in [1.82, 2.24) is 20.9 Å².